The zero-order chi connectivity index (χ0) is 11.1. The normalized spacial score (nSPS) is 20.8. The third-order valence-corrected chi connectivity index (χ3v) is 5.90. The summed E-state index contributed by atoms with van der Waals surface area (Å²) >= 11 is 3.07. The highest BCUT2D eigenvalue weighted by Crippen LogP contribution is 2.37. The molecule has 0 bridgehead atoms. The van der Waals surface area contributed by atoms with Crippen molar-refractivity contribution in [3.63, 3.8) is 0 Å². The Bertz CT molecular complexity index is 274. The molecular weight excluding hydrogens is 256 g/mol. The van der Waals surface area contributed by atoms with Crippen molar-refractivity contribution in [2.45, 2.75) is 37.5 Å². The van der Waals surface area contributed by atoms with Crippen LogP contribution in [0.1, 0.15) is 27.7 Å². The number of sulfone groups is 1. The van der Waals surface area contributed by atoms with Crippen molar-refractivity contribution in [2.24, 2.45) is 5.41 Å². The van der Waals surface area contributed by atoms with Crippen LogP contribution >= 0.6 is 15.9 Å². The van der Waals surface area contributed by atoms with Crippen molar-refractivity contribution in [3.05, 3.63) is 0 Å². The fourth-order valence-corrected chi connectivity index (χ4v) is 2.42. The SMILES string of the molecule is CC(C)(C)[C@@H](O)[C@](C)(Br)S(C)(=O)=O. The highest BCUT2D eigenvalue weighted by Gasteiger charge is 2.45. The number of alkyl halides is 1. The van der Waals surface area contributed by atoms with Crippen LogP contribution in [0.3, 0.4) is 0 Å². The maximum absolute atomic E-state index is 11.3. The lowest BCUT2D eigenvalue weighted by atomic mass is 9.87. The van der Waals surface area contributed by atoms with Crippen molar-refractivity contribution in [1.82, 2.24) is 0 Å². The number of aliphatic hydroxyl groups excluding tert-OH is 1. The minimum atomic E-state index is -3.32. The van der Waals surface area contributed by atoms with E-state index in [1.165, 1.54) is 6.92 Å². The minimum absolute atomic E-state index is 0.471. The van der Waals surface area contributed by atoms with Gasteiger partial charge in [0.15, 0.2) is 9.84 Å². The summed E-state index contributed by atoms with van der Waals surface area (Å²) in [6, 6.07) is 0. The Hall–Kier alpha value is 0.390. The molecule has 0 spiro atoms. The molecule has 0 aromatic carbocycles. The summed E-state index contributed by atoms with van der Waals surface area (Å²) in [6.45, 7) is 6.85. The first-order chi connectivity index (χ1) is 5.40. The lowest BCUT2D eigenvalue weighted by Gasteiger charge is -2.35. The molecule has 0 aliphatic rings. The number of hydrogen-bond donors (Lipinski definition) is 1. The van der Waals surface area contributed by atoms with Crippen molar-refractivity contribution in [2.75, 3.05) is 6.26 Å². The standard InChI is InChI=1S/C8H17BrO3S/c1-7(2,3)6(10)8(4,9)13(5,11)12/h6,10H,1-5H3/t6-,8-/m1/s1. The monoisotopic (exact) mass is 272 g/mol. The van der Waals surface area contributed by atoms with Crippen LogP contribution in [0.4, 0.5) is 0 Å². The van der Waals surface area contributed by atoms with Crippen LogP contribution in [0, 0.1) is 5.41 Å². The first-order valence-corrected chi connectivity index (χ1v) is 6.65. The molecule has 1 N–H and O–H groups in total. The van der Waals surface area contributed by atoms with E-state index in [2.05, 4.69) is 15.9 Å². The maximum atomic E-state index is 11.3. The Kier molecular flexibility index (Phi) is 3.62. The van der Waals surface area contributed by atoms with Crippen LogP contribution in [-0.4, -0.2) is 29.5 Å². The summed E-state index contributed by atoms with van der Waals surface area (Å²) in [4.78, 5) is 0. The van der Waals surface area contributed by atoms with E-state index in [9.17, 15) is 13.5 Å². The molecule has 0 fully saturated rings. The molecular formula is C8H17BrO3S. The van der Waals surface area contributed by atoms with E-state index < -0.39 is 25.0 Å². The average Bonchev–Trinajstić information content (AvgIpc) is 1.81. The second-order valence-electron chi connectivity index (χ2n) is 4.53. The van der Waals surface area contributed by atoms with E-state index in [-0.39, 0.29) is 0 Å². The first kappa shape index (κ1) is 13.4. The number of halogens is 1. The fourth-order valence-electron chi connectivity index (χ4n) is 0.976. The predicted molar refractivity (Wildman–Crippen MR) is 57.6 cm³/mol. The first-order valence-electron chi connectivity index (χ1n) is 3.97. The quantitative estimate of drug-likeness (QED) is 0.777. The molecule has 0 saturated carbocycles. The summed E-state index contributed by atoms with van der Waals surface area (Å²) in [5.41, 5.74) is -0.471. The van der Waals surface area contributed by atoms with Gasteiger partial charge in [-0.3, -0.25) is 0 Å². The molecule has 0 radical (unpaired) electrons. The van der Waals surface area contributed by atoms with Gasteiger partial charge in [-0.2, -0.15) is 0 Å². The number of hydrogen-bond acceptors (Lipinski definition) is 3. The van der Waals surface area contributed by atoms with Crippen LogP contribution in [0.15, 0.2) is 0 Å². The van der Waals surface area contributed by atoms with Gasteiger partial charge in [-0.15, -0.1) is 0 Å². The predicted octanol–water partition coefficient (Wildman–Crippen LogP) is 1.55. The molecule has 0 rings (SSSR count). The van der Waals surface area contributed by atoms with E-state index in [1.807, 2.05) is 0 Å². The number of rotatable bonds is 2. The summed E-state index contributed by atoms with van der Waals surface area (Å²) in [6.07, 6.45) is 0.159. The minimum Gasteiger partial charge on any atom is -0.390 e. The average molecular weight is 273 g/mol. The molecule has 3 nitrogen and oxygen atoms in total. The summed E-state index contributed by atoms with van der Waals surface area (Å²) < 4.78 is 21.4. The Labute approximate surface area is 88.6 Å². The van der Waals surface area contributed by atoms with Crippen LogP contribution in [0.5, 0.6) is 0 Å². The lowest BCUT2D eigenvalue weighted by Crippen LogP contribution is -2.47. The van der Waals surface area contributed by atoms with Gasteiger partial charge in [-0.05, 0) is 12.3 Å². The van der Waals surface area contributed by atoms with Crippen LogP contribution < -0.4 is 0 Å². The van der Waals surface area contributed by atoms with E-state index in [0.717, 1.165) is 6.26 Å². The summed E-state index contributed by atoms with van der Waals surface area (Å²) in [5.74, 6) is 0. The third kappa shape index (κ3) is 2.92. The zero-order valence-corrected chi connectivity index (χ0v) is 11.0. The molecule has 0 unspecified atom stereocenters. The van der Waals surface area contributed by atoms with Gasteiger partial charge >= 0.3 is 0 Å². The molecule has 13 heavy (non-hydrogen) atoms. The van der Waals surface area contributed by atoms with Crippen molar-refractivity contribution >= 4 is 25.8 Å². The molecule has 0 amide bonds. The molecule has 0 aliphatic carbocycles. The topological polar surface area (TPSA) is 54.4 Å². The van der Waals surface area contributed by atoms with E-state index in [4.69, 9.17) is 0 Å². The van der Waals surface area contributed by atoms with Crippen molar-refractivity contribution < 1.29 is 13.5 Å². The van der Waals surface area contributed by atoms with Gasteiger partial charge in [-0.1, -0.05) is 36.7 Å². The van der Waals surface area contributed by atoms with Gasteiger partial charge in [0, 0.05) is 6.26 Å². The highest BCUT2D eigenvalue weighted by atomic mass is 79.9. The van der Waals surface area contributed by atoms with Gasteiger partial charge < -0.3 is 5.11 Å². The second kappa shape index (κ2) is 3.51. The van der Waals surface area contributed by atoms with Crippen molar-refractivity contribution in [1.29, 1.82) is 0 Å². The van der Waals surface area contributed by atoms with E-state index in [1.54, 1.807) is 20.8 Å². The Morgan fingerprint density at radius 2 is 1.54 bits per heavy atom. The zero-order valence-electron chi connectivity index (χ0n) is 8.63. The van der Waals surface area contributed by atoms with E-state index >= 15 is 0 Å². The van der Waals surface area contributed by atoms with Gasteiger partial charge in [0.25, 0.3) is 0 Å². The molecule has 2 atom stereocenters. The smallest absolute Gasteiger partial charge is 0.165 e. The Morgan fingerprint density at radius 1 is 1.23 bits per heavy atom. The molecule has 0 aromatic heterocycles. The second-order valence-corrected chi connectivity index (χ2v) is 9.09. The molecule has 0 saturated heterocycles. The van der Waals surface area contributed by atoms with Gasteiger partial charge in [-0.25, -0.2) is 8.42 Å². The summed E-state index contributed by atoms with van der Waals surface area (Å²) in [7, 11) is -3.32. The highest BCUT2D eigenvalue weighted by molar-refractivity contribution is 9.11. The molecule has 80 valence electrons. The molecule has 0 heterocycles. The summed E-state index contributed by atoms with van der Waals surface area (Å²) in [5, 5.41) is 9.82. The molecule has 5 heteroatoms. The van der Waals surface area contributed by atoms with Gasteiger partial charge in [0.05, 0.1) is 6.10 Å². The Balaban J connectivity index is 5.09. The van der Waals surface area contributed by atoms with Gasteiger partial charge in [0.2, 0.25) is 0 Å². The third-order valence-electron chi connectivity index (χ3n) is 2.03. The van der Waals surface area contributed by atoms with E-state index in [0.29, 0.717) is 0 Å². The van der Waals surface area contributed by atoms with Crippen LogP contribution in [-0.2, 0) is 9.84 Å². The lowest BCUT2D eigenvalue weighted by molar-refractivity contribution is 0.0562. The Morgan fingerprint density at radius 3 is 1.62 bits per heavy atom. The number of aliphatic hydroxyl groups is 1. The van der Waals surface area contributed by atoms with Gasteiger partial charge in [0.1, 0.15) is 3.66 Å². The molecule has 0 aromatic rings. The maximum Gasteiger partial charge on any atom is 0.165 e. The van der Waals surface area contributed by atoms with Crippen molar-refractivity contribution in [3.8, 4) is 0 Å². The largest absolute Gasteiger partial charge is 0.390 e. The molecule has 0 aliphatic heterocycles. The van der Waals surface area contributed by atoms with Crippen LogP contribution in [0.2, 0.25) is 0 Å². The van der Waals surface area contributed by atoms with Crippen LogP contribution in [0.25, 0.3) is 0 Å². The fraction of sp³-hybridized carbons (Fsp3) is 1.00.